The molecule has 0 aliphatic carbocycles. The zero-order chi connectivity index (χ0) is 26.0. The van der Waals surface area contributed by atoms with Crippen molar-refractivity contribution in [3.8, 4) is 22.5 Å². The summed E-state index contributed by atoms with van der Waals surface area (Å²) in [6.45, 7) is 1.83. The van der Waals surface area contributed by atoms with Crippen LogP contribution in [0.2, 0.25) is 5.02 Å². The van der Waals surface area contributed by atoms with Gasteiger partial charge in [0, 0.05) is 29.8 Å². The second-order valence-electron chi connectivity index (χ2n) is 8.68. The number of aromatic amines is 1. The molecule has 0 spiro atoms. The molecule has 0 saturated carbocycles. The van der Waals surface area contributed by atoms with Gasteiger partial charge in [-0.15, -0.1) is 11.3 Å². The van der Waals surface area contributed by atoms with Crippen LogP contribution in [0.15, 0.2) is 47.6 Å². The number of aromatic nitrogens is 3. The van der Waals surface area contributed by atoms with E-state index in [9.17, 15) is 17.4 Å². The summed E-state index contributed by atoms with van der Waals surface area (Å²) in [7, 11) is -1.09. The van der Waals surface area contributed by atoms with Crippen molar-refractivity contribution in [2.45, 2.75) is 18.6 Å². The highest BCUT2D eigenvalue weighted by molar-refractivity contribution is 7.98. The third-order valence-corrected chi connectivity index (χ3v) is 10.2. The van der Waals surface area contributed by atoms with Gasteiger partial charge in [-0.1, -0.05) is 35.9 Å². The molecule has 3 aromatic heterocycles. The van der Waals surface area contributed by atoms with Gasteiger partial charge in [0.05, 0.1) is 41.4 Å². The molecule has 1 aliphatic rings. The minimum atomic E-state index is -4.50. The summed E-state index contributed by atoms with van der Waals surface area (Å²) in [5.74, 6) is 4.12. The third kappa shape index (κ3) is 4.02. The maximum absolute atomic E-state index is 13.1. The molecular weight excluding hydrogens is 533 g/mol. The van der Waals surface area contributed by atoms with E-state index in [1.54, 1.807) is 43.6 Å². The highest BCUT2D eigenvalue weighted by Crippen LogP contribution is 2.47. The van der Waals surface area contributed by atoms with Gasteiger partial charge in [0.1, 0.15) is 11.2 Å². The molecule has 4 heterocycles. The van der Waals surface area contributed by atoms with E-state index in [1.165, 1.54) is 15.6 Å². The van der Waals surface area contributed by atoms with Crippen molar-refractivity contribution in [1.82, 2.24) is 19.5 Å². The number of hydrogen-bond acceptors (Lipinski definition) is 6. The Morgan fingerprint density at radius 3 is 2.53 bits per heavy atom. The van der Waals surface area contributed by atoms with E-state index < -0.39 is 27.1 Å². The lowest BCUT2D eigenvalue weighted by Crippen LogP contribution is -2.50. The van der Waals surface area contributed by atoms with Crippen LogP contribution >= 0.6 is 22.9 Å². The molecule has 0 fully saturated rings. The molecule has 188 valence electrons. The number of nitrogens with zero attached hydrogens (tertiary/aromatic N) is 4. The summed E-state index contributed by atoms with van der Waals surface area (Å²) in [4.78, 5) is 9.84. The first-order chi connectivity index (χ1) is 16.8. The summed E-state index contributed by atoms with van der Waals surface area (Å²) in [5.41, 5.74) is 6.32. The van der Waals surface area contributed by atoms with Crippen molar-refractivity contribution >= 4 is 54.6 Å². The van der Waals surface area contributed by atoms with E-state index >= 15 is 0 Å². The molecule has 0 amide bonds. The minimum Gasteiger partial charge on any atom is -0.369 e. The first kappa shape index (κ1) is 24.6. The highest BCUT2D eigenvalue weighted by Gasteiger charge is 2.40. The first-order valence-corrected chi connectivity index (χ1v) is 13.6. The smallest absolute Gasteiger partial charge is 0.369 e. The van der Waals surface area contributed by atoms with E-state index in [-0.39, 0.29) is 17.4 Å². The van der Waals surface area contributed by atoms with Crippen LogP contribution in [0.25, 0.3) is 32.6 Å². The summed E-state index contributed by atoms with van der Waals surface area (Å²) in [6, 6.07) is 9.66. The lowest BCUT2D eigenvalue weighted by atomic mass is 10.0. The molecule has 2 atom stereocenters. The molecule has 1 aromatic carbocycles. The number of pyridine rings is 1. The number of nitrogens with two attached hydrogens (primary N) is 1. The number of halogens is 4. The molecule has 7 nitrogen and oxygen atoms in total. The number of hydrogen-bond donors (Lipinski definition) is 2. The molecule has 3 N–H and O–H groups in total. The van der Waals surface area contributed by atoms with Crippen molar-refractivity contribution in [3.63, 3.8) is 0 Å². The highest BCUT2D eigenvalue weighted by atomic mass is 35.5. The predicted octanol–water partition coefficient (Wildman–Crippen LogP) is 5.13. The average Bonchev–Trinajstić information content (AvgIpc) is 3.43. The van der Waals surface area contributed by atoms with Crippen LogP contribution in [0.1, 0.15) is 17.5 Å². The van der Waals surface area contributed by atoms with E-state index in [1.807, 2.05) is 12.0 Å². The lowest BCUT2D eigenvalue weighted by molar-refractivity contribution is -0.141. The Hall–Kier alpha value is -3.09. The number of rotatable bonds is 3. The van der Waals surface area contributed by atoms with Crippen molar-refractivity contribution in [1.29, 1.82) is 0 Å². The van der Waals surface area contributed by atoms with Gasteiger partial charge < -0.3 is 5.73 Å². The Bertz CT molecular complexity index is 1630. The van der Waals surface area contributed by atoms with E-state index in [4.69, 9.17) is 17.3 Å². The topological polar surface area (TPSA) is 100 Å². The van der Waals surface area contributed by atoms with Crippen molar-refractivity contribution in [2.75, 3.05) is 12.8 Å². The van der Waals surface area contributed by atoms with Crippen LogP contribution < -0.4 is 5.73 Å². The molecule has 36 heavy (non-hydrogen) atoms. The molecule has 1 unspecified atom stereocenters. The Morgan fingerprint density at radius 1 is 1.25 bits per heavy atom. The van der Waals surface area contributed by atoms with Crippen molar-refractivity contribution in [2.24, 2.45) is 10.7 Å². The van der Waals surface area contributed by atoms with Gasteiger partial charge in [-0.05, 0) is 24.9 Å². The predicted molar refractivity (Wildman–Crippen MR) is 140 cm³/mol. The molecule has 0 radical (unpaired) electrons. The number of aliphatic imine (C=N–C) groups is 1. The van der Waals surface area contributed by atoms with Gasteiger partial charge in [0.2, 0.25) is 5.96 Å². The third-order valence-electron chi connectivity index (χ3n) is 6.06. The summed E-state index contributed by atoms with van der Waals surface area (Å²) >= 11 is 8.19. The normalized spacial score (nSPS) is 22.7. The summed E-state index contributed by atoms with van der Waals surface area (Å²) < 4.78 is 54.0. The van der Waals surface area contributed by atoms with E-state index in [0.29, 0.717) is 21.2 Å². The van der Waals surface area contributed by atoms with Crippen LogP contribution in [-0.2, 0) is 21.4 Å². The van der Waals surface area contributed by atoms with Crippen molar-refractivity contribution in [3.05, 3.63) is 58.2 Å². The van der Waals surface area contributed by atoms with Crippen LogP contribution in [0.5, 0.6) is 0 Å². The molecule has 1 aliphatic heterocycles. The Balaban J connectivity index is 1.57. The second kappa shape index (κ2) is 8.22. The van der Waals surface area contributed by atoms with Gasteiger partial charge in [0.15, 0.2) is 0 Å². The molecular formula is C23H20ClF3N6OS2. The monoisotopic (exact) mass is 552 g/mol. The van der Waals surface area contributed by atoms with Crippen molar-refractivity contribution < 1.29 is 17.4 Å². The fourth-order valence-electron chi connectivity index (χ4n) is 4.14. The minimum absolute atomic E-state index is 0.123. The van der Waals surface area contributed by atoms with Crippen LogP contribution in [0, 0.1) is 0 Å². The standard InChI is InChI=1S/C23H20ClF3N6OS2/c1-22(11-36(3,34)33(2)21(28)30-22)20-17(24)14-8-9-29-18(19(14)35-20)13-6-4-12(5-7-13)15-10-16(32-31-15)23(25,26)27/h4-10H,3,11H2,1-2H3,(H2,28,30)(H,31,32)/t22-,36?/m0/s1. The quantitative estimate of drug-likeness (QED) is 0.344. The second-order valence-corrected chi connectivity index (χ2v) is 12.5. The molecule has 4 aromatic rings. The summed E-state index contributed by atoms with van der Waals surface area (Å²) in [5, 5.41) is 7.03. The van der Waals surface area contributed by atoms with Crippen LogP contribution in [0.3, 0.4) is 0 Å². The zero-order valence-electron chi connectivity index (χ0n) is 19.1. The molecule has 5 rings (SSSR count). The molecule has 13 heteroatoms. The molecule has 0 saturated heterocycles. The number of thiophene rings is 1. The number of H-pyrrole nitrogens is 1. The first-order valence-electron chi connectivity index (χ1n) is 10.6. The maximum atomic E-state index is 13.1. The van der Waals surface area contributed by atoms with Gasteiger partial charge in [0.25, 0.3) is 0 Å². The van der Waals surface area contributed by atoms with Gasteiger partial charge in [-0.2, -0.15) is 18.3 Å². The van der Waals surface area contributed by atoms with Crippen LogP contribution in [-0.4, -0.2) is 48.3 Å². The van der Waals surface area contributed by atoms with Crippen LogP contribution in [0.4, 0.5) is 13.2 Å². The lowest BCUT2D eigenvalue weighted by Gasteiger charge is -2.36. The maximum Gasteiger partial charge on any atom is 0.432 e. The largest absolute Gasteiger partial charge is 0.432 e. The summed E-state index contributed by atoms with van der Waals surface area (Å²) in [6.07, 6.45) is -2.86. The number of fused-ring (bicyclic) bond motifs is 1. The number of benzene rings is 1. The number of nitrogens with one attached hydrogen (secondary N) is 1. The van der Waals surface area contributed by atoms with Gasteiger partial charge in [-0.25, -0.2) is 9.20 Å². The van der Waals surface area contributed by atoms with E-state index in [0.717, 1.165) is 21.7 Å². The Kier molecular flexibility index (Phi) is 5.61. The number of alkyl halides is 3. The average molecular weight is 553 g/mol. The zero-order valence-corrected chi connectivity index (χ0v) is 21.4. The fraction of sp³-hybridized carbons (Fsp3) is 0.217. The number of guanidine groups is 1. The SMILES string of the molecule is C=S1(=O)C[C@@](C)(c2sc3c(-c4ccc(-c5cc(C(F)(F)F)[nH]n5)cc4)nccc3c2Cl)N=C(N)N1C. The Morgan fingerprint density at radius 2 is 1.92 bits per heavy atom. The van der Waals surface area contributed by atoms with Gasteiger partial charge >= 0.3 is 6.18 Å². The van der Waals surface area contributed by atoms with E-state index in [2.05, 4.69) is 20.9 Å². The Labute approximate surface area is 214 Å². The van der Waals surface area contributed by atoms with Gasteiger partial charge in [-0.3, -0.25) is 14.4 Å². The fourth-order valence-corrected chi connectivity index (χ4v) is 7.71. The molecule has 0 bridgehead atoms.